The lowest BCUT2D eigenvalue weighted by Gasteiger charge is -2.32. The highest BCUT2D eigenvalue weighted by Gasteiger charge is 2.41. The molecule has 0 N–H and O–H groups in total. The minimum absolute atomic E-state index is 0.196. The predicted molar refractivity (Wildman–Crippen MR) is 69.3 cm³/mol. The van der Waals surface area contributed by atoms with Gasteiger partial charge in [-0.3, -0.25) is 9.59 Å². The van der Waals surface area contributed by atoms with Crippen molar-refractivity contribution in [3.63, 3.8) is 0 Å². The van der Waals surface area contributed by atoms with E-state index in [9.17, 15) is 22.8 Å². The van der Waals surface area contributed by atoms with Crippen molar-refractivity contribution in [2.24, 2.45) is 0 Å². The van der Waals surface area contributed by atoms with Gasteiger partial charge in [-0.1, -0.05) is 0 Å². The molecule has 2 fully saturated rings. The maximum absolute atomic E-state index is 12.3. The van der Waals surface area contributed by atoms with Crippen LogP contribution >= 0.6 is 11.8 Å². The van der Waals surface area contributed by atoms with E-state index in [0.717, 1.165) is 16.4 Å². The van der Waals surface area contributed by atoms with Crippen molar-refractivity contribution in [2.45, 2.75) is 31.5 Å². The molecule has 0 unspecified atom stereocenters. The molecule has 2 saturated heterocycles. The molecule has 0 saturated carbocycles. The topological polar surface area (TPSA) is 40.6 Å². The lowest BCUT2D eigenvalue weighted by atomic mass is 10.2. The number of carbonyl (C=O) groups excluding carboxylic acids is 2. The Bertz CT molecular complexity index is 383. The minimum Gasteiger partial charge on any atom is -0.339 e. The average Bonchev–Trinajstić information content (AvgIpc) is 2.86. The molecule has 0 aromatic heterocycles. The van der Waals surface area contributed by atoms with Crippen LogP contribution in [0.4, 0.5) is 13.2 Å². The maximum Gasteiger partial charge on any atom is 0.397 e. The van der Waals surface area contributed by atoms with Crippen molar-refractivity contribution in [3.05, 3.63) is 0 Å². The van der Waals surface area contributed by atoms with Gasteiger partial charge in [-0.2, -0.15) is 24.9 Å². The number of halogens is 3. The minimum atomic E-state index is -4.52. The van der Waals surface area contributed by atoms with Gasteiger partial charge in [0.2, 0.25) is 11.8 Å². The molecule has 2 aliphatic heterocycles. The fourth-order valence-electron chi connectivity index (χ4n) is 2.59. The van der Waals surface area contributed by atoms with Crippen molar-refractivity contribution < 1.29 is 22.8 Å². The van der Waals surface area contributed by atoms with Gasteiger partial charge in [-0.05, 0) is 12.8 Å². The van der Waals surface area contributed by atoms with Gasteiger partial charge in [0, 0.05) is 31.1 Å². The Balaban J connectivity index is 1.99. The lowest BCUT2D eigenvalue weighted by molar-refractivity contribution is -0.164. The summed E-state index contributed by atoms with van der Waals surface area (Å²) < 4.78 is 36.9. The molecular formula is C12H17F3N2O2S. The Morgan fingerprint density at radius 2 is 1.80 bits per heavy atom. The monoisotopic (exact) mass is 310 g/mol. The smallest absolute Gasteiger partial charge is 0.339 e. The molecule has 0 aromatic rings. The normalized spacial score (nSPS) is 24.1. The van der Waals surface area contributed by atoms with Crippen LogP contribution in [-0.4, -0.2) is 65.0 Å². The quantitative estimate of drug-likeness (QED) is 0.776. The second kappa shape index (κ2) is 6.24. The van der Waals surface area contributed by atoms with Crippen LogP contribution in [0, 0.1) is 0 Å². The second-order valence-electron chi connectivity index (χ2n) is 4.97. The number of alkyl halides is 3. The first-order valence-electron chi connectivity index (χ1n) is 6.61. The van der Waals surface area contributed by atoms with E-state index < -0.39 is 24.5 Å². The molecule has 4 nitrogen and oxygen atoms in total. The third-order valence-electron chi connectivity index (χ3n) is 3.53. The molecule has 2 rings (SSSR count). The van der Waals surface area contributed by atoms with E-state index in [1.54, 1.807) is 16.7 Å². The number of thioether (sulfide) groups is 1. The Kier molecular flexibility index (Phi) is 4.82. The van der Waals surface area contributed by atoms with Gasteiger partial charge in [0.05, 0.1) is 0 Å². The molecule has 2 amide bonds. The van der Waals surface area contributed by atoms with Crippen molar-refractivity contribution in [2.75, 3.05) is 31.1 Å². The third kappa shape index (κ3) is 3.80. The van der Waals surface area contributed by atoms with Gasteiger partial charge in [-0.25, -0.2) is 0 Å². The summed E-state index contributed by atoms with van der Waals surface area (Å²) in [6.07, 6.45) is -4.95. The Morgan fingerprint density at radius 1 is 1.15 bits per heavy atom. The van der Waals surface area contributed by atoms with E-state index in [0.29, 0.717) is 25.9 Å². The number of nitrogens with zero attached hydrogens (tertiary/aromatic N) is 2. The van der Waals surface area contributed by atoms with Crippen LogP contribution in [0.3, 0.4) is 0 Å². The van der Waals surface area contributed by atoms with Crippen LogP contribution in [0.1, 0.15) is 19.3 Å². The molecule has 114 valence electrons. The summed E-state index contributed by atoms with van der Waals surface area (Å²) in [6.45, 7) is 1.47. The Labute approximate surface area is 119 Å². The van der Waals surface area contributed by atoms with Crippen LogP contribution in [0.2, 0.25) is 0 Å². The zero-order valence-corrected chi connectivity index (χ0v) is 11.8. The van der Waals surface area contributed by atoms with Gasteiger partial charge >= 0.3 is 6.18 Å². The molecule has 20 heavy (non-hydrogen) atoms. The molecule has 8 heteroatoms. The van der Waals surface area contributed by atoms with Crippen LogP contribution < -0.4 is 0 Å². The van der Waals surface area contributed by atoms with E-state index in [1.807, 2.05) is 0 Å². The first-order valence-corrected chi connectivity index (χ1v) is 7.77. The van der Waals surface area contributed by atoms with Gasteiger partial charge in [0.25, 0.3) is 0 Å². The van der Waals surface area contributed by atoms with E-state index in [1.165, 1.54) is 0 Å². The summed E-state index contributed by atoms with van der Waals surface area (Å²) in [7, 11) is 0. The number of hydrogen-bond acceptors (Lipinski definition) is 3. The Hall–Kier alpha value is -0.920. The molecule has 0 aliphatic carbocycles. The van der Waals surface area contributed by atoms with E-state index in [2.05, 4.69) is 0 Å². The zero-order chi connectivity index (χ0) is 14.8. The van der Waals surface area contributed by atoms with Gasteiger partial charge in [0.15, 0.2) is 0 Å². The van der Waals surface area contributed by atoms with Gasteiger partial charge in [-0.15, -0.1) is 0 Å². The largest absolute Gasteiger partial charge is 0.397 e. The maximum atomic E-state index is 12.3. The molecule has 2 heterocycles. The predicted octanol–water partition coefficient (Wildman–Crippen LogP) is 1.51. The highest BCUT2D eigenvalue weighted by atomic mass is 32.2. The van der Waals surface area contributed by atoms with Gasteiger partial charge in [0.1, 0.15) is 12.5 Å². The number of likely N-dealkylation sites (tertiary alicyclic amines) is 1. The number of hydrogen-bond donors (Lipinski definition) is 0. The summed E-state index contributed by atoms with van der Waals surface area (Å²) in [5.74, 6) is 0.502. The Morgan fingerprint density at radius 3 is 2.40 bits per heavy atom. The third-order valence-corrected chi connectivity index (χ3v) is 4.48. The van der Waals surface area contributed by atoms with Crippen LogP contribution in [0.15, 0.2) is 0 Å². The van der Waals surface area contributed by atoms with Crippen molar-refractivity contribution in [1.29, 1.82) is 0 Å². The molecule has 0 aromatic carbocycles. The fraction of sp³-hybridized carbons (Fsp3) is 0.833. The fourth-order valence-corrected chi connectivity index (χ4v) is 3.49. The summed E-state index contributed by atoms with van der Waals surface area (Å²) in [4.78, 5) is 26.8. The first kappa shape index (κ1) is 15.5. The average molecular weight is 310 g/mol. The van der Waals surface area contributed by atoms with Crippen LogP contribution in [0.5, 0.6) is 0 Å². The van der Waals surface area contributed by atoms with Gasteiger partial charge < -0.3 is 9.80 Å². The number of carbonyl (C=O) groups is 2. The summed E-state index contributed by atoms with van der Waals surface area (Å²) in [6, 6.07) is -0.701. The lowest BCUT2D eigenvalue weighted by Crippen LogP contribution is -2.50. The van der Waals surface area contributed by atoms with Crippen molar-refractivity contribution in [1.82, 2.24) is 9.80 Å². The molecule has 1 atom stereocenters. The van der Waals surface area contributed by atoms with Crippen LogP contribution in [-0.2, 0) is 9.59 Å². The molecular weight excluding hydrogens is 293 g/mol. The highest BCUT2D eigenvalue weighted by Crippen LogP contribution is 2.26. The van der Waals surface area contributed by atoms with E-state index in [4.69, 9.17) is 0 Å². The molecule has 0 spiro atoms. The van der Waals surface area contributed by atoms with Crippen molar-refractivity contribution >= 4 is 23.6 Å². The first-order chi connectivity index (χ1) is 9.38. The zero-order valence-electron chi connectivity index (χ0n) is 11.0. The highest BCUT2D eigenvalue weighted by molar-refractivity contribution is 7.99. The summed E-state index contributed by atoms with van der Waals surface area (Å²) in [5, 5.41) is 0. The summed E-state index contributed by atoms with van der Waals surface area (Å²) >= 11 is 1.75. The number of amides is 2. The second-order valence-corrected chi connectivity index (χ2v) is 6.20. The summed E-state index contributed by atoms with van der Waals surface area (Å²) in [5.41, 5.74) is 0. The van der Waals surface area contributed by atoms with E-state index >= 15 is 0 Å². The van der Waals surface area contributed by atoms with E-state index in [-0.39, 0.29) is 12.5 Å². The number of rotatable bonds is 2. The molecule has 0 bridgehead atoms. The van der Waals surface area contributed by atoms with Crippen LogP contribution in [0.25, 0.3) is 0 Å². The van der Waals surface area contributed by atoms with Crippen molar-refractivity contribution in [3.8, 4) is 0 Å². The molecule has 0 radical (unpaired) electrons. The SMILES string of the molecule is O=C([C@H]1CCCN1C(=O)CC(F)(F)F)N1CCSCC1. The standard InChI is InChI=1S/C12H17F3N2O2S/c13-12(14,15)8-10(18)17-3-1-2-9(17)11(19)16-4-6-20-7-5-16/h9H,1-8H2/t9-/m1/s1. The molecule has 2 aliphatic rings.